The highest BCUT2D eigenvalue weighted by Crippen LogP contribution is 2.24. The van der Waals surface area contributed by atoms with Gasteiger partial charge in [-0.2, -0.15) is 0 Å². The standard InChI is InChI=1S/C20H20ClFN2O/c1-14(20(25)23-19-8-7-17(21)13-18(19)22)24-11-9-16(10-12-24)15-5-3-2-4-6-15/h2-9,13-14H,10-12H2,1H3,(H,23,25)/t14-/m1/s1. The fourth-order valence-corrected chi connectivity index (χ4v) is 3.10. The number of hydrogen-bond donors (Lipinski definition) is 1. The van der Waals surface area contributed by atoms with Gasteiger partial charge in [0, 0.05) is 18.1 Å². The van der Waals surface area contributed by atoms with E-state index in [0.717, 1.165) is 13.0 Å². The fourth-order valence-electron chi connectivity index (χ4n) is 2.94. The molecule has 1 amide bonds. The van der Waals surface area contributed by atoms with E-state index in [1.165, 1.54) is 23.3 Å². The van der Waals surface area contributed by atoms with Gasteiger partial charge in [-0.25, -0.2) is 4.39 Å². The molecule has 3 rings (SSSR count). The minimum Gasteiger partial charge on any atom is -0.322 e. The van der Waals surface area contributed by atoms with Gasteiger partial charge in [-0.3, -0.25) is 9.69 Å². The number of nitrogens with zero attached hydrogens (tertiary/aromatic N) is 1. The van der Waals surface area contributed by atoms with E-state index in [2.05, 4.69) is 28.4 Å². The van der Waals surface area contributed by atoms with E-state index in [1.807, 2.05) is 25.1 Å². The van der Waals surface area contributed by atoms with E-state index >= 15 is 0 Å². The summed E-state index contributed by atoms with van der Waals surface area (Å²) >= 11 is 5.73. The molecule has 0 saturated heterocycles. The Hall–Kier alpha value is -2.17. The molecule has 0 saturated carbocycles. The molecular weight excluding hydrogens is 339 g/mol. The topological polar surface area (TPSA) is 32.3 Å². The molecule has 0 fully saturated rings. The van der Waals surface area contributed by atoms with Crippen LogP contribution in [-0.4, -0.2) is 29.9 Å². The predicted molar refractivity (Wildman–Crippen MR) is 100 cm³/mol. The number of carbonyl (C=O) groups is 1. The highest BCUT2D eigenvalue weighted by molar-refractivity contribution is 6.30. The van der Waals surface area contributed by atoms with Crippen LogP contribution in [0.25, 0.3) is 5.57 Å². The van der Waals surface area contributed by atoms with Crippen molar-refractivity contribution in [1.29, 1.82) is 0 Å². The fraction of sp³-hybridized carbons (Fsp3) is 0.250. The first-order valence-electron chi connectivity index (χ1n) is 8.29. The lowest BCUT2D eigenvalue weighted by atomic mass is 9.99. The third kappa shape index (κ3) is 4.27. The number of amides is 1. The molecule has 1 atom stereocenters. The Morgan fingerprint density at radius 2 is 2.00 bits per heavy atom. The van der Waals surface area contributed by atoms with Crippen LogP contribution >= 0.6 is 11.6 Å². The second kappa shape index (κ2) is 7.81. The molecule has 2 aromatic rings. The van der Waals surface area contributed by atoms with Crippen molar-refractivity contribution in [3.63, 3.8) is 0 Å². The lowest BCUT2D eigenvalue weighted by Gasteiger charge is -2.31. The van der Waals surface area contributed by atoms with Gasteiger partial charge in [0.2, 0.25) is 5.91 Å². The van der Waals surface area contributed by atoms with Crippen LogP contribution in [0.15, 0.2) is 54.6 Å². The molecule has 0 aliphatic carbocycles. The molecule has 2 aromatic carbocycles. The maximum absolute atomic E-state index is 13.8. The van der Waals surface area contributed by atoms with Gasteiger partial charge in [0.25, 0.3) is 0 Å². The summed E-state index contributed by atoms with van der Waals surface area (Å²) in [6.45, 7) is 3.32. The van der Waals surface area contributed by atoms with Gasteiger partial charge in [-0.05, 0) is 42.7 Å². The van der Waals surface area contributed by atoms with E-state index in [-0.39, 0.29) is 17.6 Å². The summed E-state index contributed by atoms with van der Waals surface area (Å²) in [5, 5.41) is 2.95. The first-order chi connectivity index (χ1) is 12.0. The van der Waals surface area contributed by atoms with Gasteiger partial charge >= 0.3 is 0 Å². The summed E-state index contributed by atoms with van der Waals surface area (Å²) in [7, 11) is 0. The largest absolute Gasteiger partial charge is 0.322 e. The Morgan fingerprint density at radius 3 is 2.64 bits per heavy atom. The van der Waals surface area contributed by atoms with Crippen molar-refractivity contribution >= 4 is 28.8 Å². The van der Waals surface area contributed by atoms with Crippen molar-refractivity contribution < 1.29 is 9.18 Å². The predicted octanol–water partition coefficient (Wildman–Crippen LogP) is 4.60. The zero-order valence-electron chi connectivity index (χ0n) is 14.0. The number of benzene rings is 2. The van der Waals surface area contributed by atoms with Crippen molar-refractivity contribution in [1.82, 2.24) is 4.90 Å². The summed E-state index contributed by atoms with van der Waals surface area (Å²) in [4.78, 5) is 14.5. The van der Waals surface area contributed by atoms with Gasteiger partial charge in [0.15, 0.2) is 0 Å². The summed E-state index contributed by atoms with van der Waals surface area (Å²) < 4.78 is 13.8. The van der Waals surface area contributed by atoms with E-state index in [4.69, 9.17) is 11.6 Å². The molecule has 1 heterocycles. The van der Waals surface area contributed by atoms with Crippen LogP contribution in [0.4, 0.5) is 10.1 Å². The minimum absolute atomic E-state index is 0.152. The molecule has 130 valence electrons. The maximum Gasteiger partial charge on any atom is 0.241 e. The smallest absolute Gasteiger partial charge is 0.241 e. The monoisotopic (exact) mass is 358 g/mol. The molecule has 1 N–H and O–H groups in total. The molecule has 3 nitrogen and oxygen atoms in total. The summed E-state index contributed by atoms with van der Waals surface area (Å²) in [5.41, 5.74) is 2.68. The van der Waals surface area contributed by atoms with Crippen molar-refractivity contribution in [2.24, 2.45) is 0 Å². The average molecular weight is 359 g/mol. The number of anilines is 1. The molecular formula is C20H20ClFN2O. The van der Waals surface area contributed by atoms with Crippen molar-refractivity contribution in [2.75, 3.05) is 18.4 Å². The van der Waals surface area contributed by atoms with Crippen molar-refractivity contribution in [3.05, 3.63) is 71.0 Å². The van der Waals surface area contributed by atoms with E-state index in [0.29, 0.717) is 11.6 Å². The average Bonchev–Trinajstić information content (AvgIpc) is 2.64. The van der Waals surface area contributed by atoms with Gasteiger partial charge in [0.1, 0.15) is 5.82 Å². The highest BCUT2D eigenvalue weighted by atomic mass is 35.5. The summed E-state index contributed by atoms with van der Waals surface area (Å²) in [6, 6.07) is 14.1. The van der Waals surface area contributed by atoms with Crippen LogP contribution in [0.1, 0.15) is 18.9 Å². The molecule has 25 heavy (non-hydrogen) atoms. The molecule has 0 spiro atoms. The quantitative estimate of drug-likeness (QED) is 0.866. The Kier molecular flexibility index (Phi) is 5.51. The summed E-state index contributed by atoms with van der Waals surface area (Å²) in [6.07, 6.45) is 3.04. The SMILES string of the molecule is C[C@H](C(=O)Nc1ccc(Cl)cc1F)N1CC=C(c2ccccc2)CC1. The Bertz CT molecular complexity index is 792. The Morgan fingerprint density at radius 1 is 1.24 bits per heavy atom. The zero-order chi connectivity index (χ0) is 17.8. The van der Waals surface area contributed by atoms with Crippen molar-refractivity contribution in [3.8, 4) is 0 Å². The molecule has 5 heteroatoms. The Labute approximate surface area is 152 Å². The highest BCUT2D eigenvalue weighted by Gasteiger charge is 2.24. The number of hydrogen-bond acceptors (Lipinski definition) is 2. The van der Waals surface area contributed by atoms with E-state index in [9.17, 15) is 9.18 Å². The molecule has 0 aromatic heterocycles. The lowest BCUT2D eigenvalue weighted by molar-refractivity contribution is -0.120. The molecule has 0 unspecified atom stereocenters. The summed E-state index contributed by atoms with van der Waals surface area (Å²) in [5.74, 6) is -0.754. The second-order valence-electron chi connectivity index (χ2n) is 6.13. The van der Waals surface area contributed by atoms with Crippen LogP contribution in [0.5, 0.6) is 0 Å². The minimum atomic E-state index is -0.530. The van der Waals surface area contributed by atoms with Crippen LogP contribution in [-0.2, 0) is 4.79 Å². The number of nitrogens with one attached hydrogen (secondary N) is 1. The zero-order valence-corrected chi connectivity index (χ0v) is 14.8. The lowest BCUT2D eigenvalue weighted by Crippen LogP contribution is -2.44. The van der Waals surface area contributed by atoms with Gasteiger partial charge < -0.3 is 5.32 Å². The van der Waals surface area contributed by atoms with Crippen molar-refractivity contribution in [2.45, 2.75) is 19.4 Å². The number of carbonyl (C=O) groups excluding carboxylic acids is 1. The van der Waals surface area contributed by atoms with Gasteiger partial charge in [0.05, 0.1) is 11.7 Å². The molecule has 1 aliphatic rings. The molecule has 0 radical (unpaired) electrons. The first-order valence-corrected chi connectivity index (χ1v) is 8.67. The van der Waals surface area contributed by atoms with Crippen LogP contribution in [0, 0.1) is 5.82 Å². The maximum atomic E-state index is 13.8. The van der Waals surface area contributed by atoms with E-state index < -0.39 is 5.82 Å². The van der Waals surface area contributed by atoms with Crippen LogP contribution < -0.4 is 5.32 Å². The van der Waals surface area contributed by atoms with Crippen LogP contribution in [0.3, 0.4) is 0 Å². The van der Waals surface area contributed by atoms with Gasteiger partial charge in [-0.15, -0.1) is 0 Å². The molecule has 0 bridgehead atoms. The Balaban J connectivity index is 1.63. The normalized spacial score (nSPS) is 16.2. The van der Waals surface area contributed by atoms with Crippen LogP contribution in [0.2, 0.25) is 5.02 Å². The third-order valence-electron chi connectivity index (χ3n) is 4.50. The second-order valence-corrected chi connectivity index (χ2v) is 6.57. The van der Waals surface area contributed by atoms with E-state index in [1.54, 1.807) is 6.07 Å². The first kappa shape index (κ1) is 17.6. The third-order valence-corrected chi connectivity index (χ3v) is 4.74. The van der Waals surface area contributed by atoms with Gasteiger partial charge in [-0.1, -0.05) is 48.0 Å². The number of rotatable bonds is 4. The number of halogens is 2. The molecule has 1 aliphatic heterocycles.